The standard InChI is InChI=1S/C15H16N2O3/c1-15(2)9-13(19)17(14(20)10-15)12-7-3-5-11(16-12)6-4-8-18/h3,5,7,18H,8-10H2,1-2H3. The zero-order valence-corrected chi connectivity index (χ0v) is 11.5. The highest BCUT2D eigenvalue weighted by atomic mass is 16.2. The van der Waals surface area contributed by atoms with Crippen molar-refractivity contribution in [2.45, 2.75) is 26.7 Å². The highest BCUT2D eigenvalue weighted by Crippen LogP contribution is 2.33. The number of anilines is 1. The number of carbonyl (C=O) groups excluding carboxylic acids is 2. The zero-order chi connectivity index (χ0) is 14.8. The van der Waals surface area contributed by atoms with Crippen molar-refractivity contribution in [2.24, 2.45) is 5.41 Å². The Bertz CT molecular complexity index is 591. The molecule has 0 radical (unpaired) electrons. The lowest BCUT2D eigenvalue weighted by Crippen LogP contribution is -2.46. The Morgan fingerprint density at radius 3 is 2.55 bits per heavy atom. The highest BCUT2D eigenvalue weighted by Gasteiger charge is 2.38. The van der Waals surface area contributed by atoms with E-state index in [1.54, 1.807) is 18.2 Å². The summed E-state index contributed by atoms with van der Waals surface area (Å²) in [6.07, 6.45) is 0.625. The van der Waals surface area contributed by atoms with Gasteiger partial charge in [0.25, 0.3) is 0 Å². The number of aliphatic hydroxyl groups excluding tert-OH is 1. The molecule has 0 bridgehead atoms. The second-order valence-electron chi connectivity index (χ2n) is 5.48. The number of imide groups is 1. The van der Waals surface area contributed by atoms with Crippen LogP contribution >= 0.6 is 0 Å². The molecule has 0 aliphatic carbocycles. The van der Waals surface area contributed by atoms with Crippen LogP contribution < -0.4 is 4.90 Å². The van der Waals surface area contributed by atoms with Crippen molar-refractivity contribution < 1.29 is 14.7 Å². The fourth-order valence-corrected chi connectivity index (χ4v) is 2.18. The average Bonchev–Trinajstić information content (AvgIpc) is 2.34. The first-order valence-electron chi connectivity index (χ1n) is 6.35. The Balaban J connectivity index is 2.32. The van der Waals surface area contributed by atoms with Crippen LogP contribution in [0.25, 0.3) is 0 Å². The quantitative estimate of drug-likeness (QED) is 0.614. The normalized spacial score (nSPS) is 17.6. The van der Waals surface area contributed by atoms with Gasteiger partial charge in [0.2, 0.25) is 11.8 Å². The summed E-state index contributed by atoms with van der Waals surface area (Å²) in [5.74, 6) is 4.95. The molecule has 2 amide bonds. The van der Waals surface area contributed by atoms with Crippen LogP contribution in [0, 0.1) is 17.3 Å². The van der Waals surface area contributed by atoms with Gasteiger partial charge in [-0.25, -0.2) is 9.88 Å². The van der Waals surface area contributed by atoms with Gasteiger partial charge in [0.05, 0.1) is 0 Å². The molecule has 5 heteroatoms. The van der Waals surface area contributed by atoms with Gasteiger partial charge in [-0.1, -0.05) is 25.8 Å². The first kappa shape index (κ1) is 14.2. The Kier molecular flexibility index (Phi) is 3.86. The number of pyridine rings is 1. The van der Waals surface area contributed by atoms with Gasteiger partial charge in [-0.2, -0.15) is 0 Å². The Morgan fingerprint density at radius 2 is 1.95 bits per heavy atom. The SMILES string of the molecule is CC1(C)CC(=O)N(c2cccc(C#CCO)n2)C(=O)C1. The molecule has 0 saturated carbocycles. The minimum absolute atomic E-state index is 0.244. The largest absolute Gasteiger partial charge is 0.384 e. The number of nitrogens with zero attached hydrogens (tertiary/aromatic N) is 2. The first-order chi connectivity index (χ1) is 9.43. The number of piperidine rings is 1. The summed E-state index contributed by atoms with van der Waals surface area (Å²) in [6, 6.07) is 4.96. The van der Waals surface area contributed by atoms with Crippen LogP contribution in [0.2, 0.25) is 0 Å². The lowest BCUT2D eigenvalue weighted by molar-refractivity contribution is -0.132. The molecule has 104 valence electrons. The molecule has 5 nitrogen and oxygen atoms in total. The zero-order valence-electron chi connectivity index (χ0n) is 11.5. The van der Waals surface area contributed by atoms with E-state index in [-0.39, 0.29) is 23.8 Å². The second-order valence-corrected chi connectivity index (χ2v) is 5.48. The van der Waals surface area contributed by atoms with E-state index in [9.17, 15) is 9.59 Å². The van der Waals surface area contributed by atoms with E-state index < -0.39 is 0 Å². The molecule has 0 aromatic carbocycles. The van der Waals surface area contributed by atoms with Gasteiger partial charge >= 0.3 is 0 Å². The molecule has 2 rings (SSSR count). The maximum absolute atomic E-state index is 12.1. The summed E-state index contributed by atoms with van der Waals surface area (Å²) < 4.78 is 0. The predicted molar refractivity (Wildman–Crippen MR) is 73.7 cm³/mol. The minimum atomic E-state index is -0.307. The van der Waals surface area contributed by atoms with Crippen molar-refractivity contribution in [1.82, 2.24) is 4.98 Å². The van der Waals surface area contributed by atoms with E-state index in [1.807, 2.05) is 13.8 Å². The van der Waals surface area contributed by atoms with E-state index in [2.05, 4.69) is 16.8 Å². The molecule has 1 N–H and O–H groups in total. The van der Waals surface area contributed by atoms with Crippen LogP contribution in [-0.2, 0) is 9.59 Å². The van der Waals surface area contributed by atoms with Gasteiger partial charge in [-0.15, -0.1) is 0 Å². The van der Waals surface area contributed by atoms with E-state index in [1.165, 1.54) is 0 Å². The van der Waals surface area contributed by atoms with Crippen LogP contribution in [0.1, 0.15) is 32.4 Å². The van der Waals surface area contributed by atoms with Gasteiger partial charge in [0, 0.05) is 12.8 Å². The molecule has 1 aromatic heterocycles. The van der Waals surface area contributed by atoms with Crippen LogP contribution in [0.4, 0.5) is 5.82 Å². The third-order valence-electron chi connectivity index (χ3n) is 3.02. The number of amides is 2. The molecule has 0 atom stereocenters. The van der Waals surface area contributed by atoms with E-state index >= 15 is 0 Å². The topological polar surface area (TPSA) is 70.5 Å². The van der Waals surface area contributed by atoms with Crippen molar-refractivity contribution in [1.29, 1.82) is 0 Å². The summed E-state index contributed by atoms with van der Waals surface area (Å²) in [6.45, 7) is 3.54. The molecular weight excluding hydrogens is 256 g/mol. The van der Waals surface area contributed by atoms with Crippen molar-refractivity contribution in [3.8, 4) is 11.8 Å². The van der Waals surface area contributed by atoms with Gasteiger partial charge in [0.1, 0.15) is 18.1 Å². The number of aliphatic hydroxyl groups is 1. The number of rotatable bonds is 1. The summed E-state index contributed by atoms with van der Waals surface area (Å²) in [5.41, 5.74) is 0.112. The highest BCUT2D eigenvalue weighted by molar-refractivity contribution is 6.16. The Morgan fingerprint density at radius 1 is 1.30 bits per heavy atom. The molecule has 2 heterocycles. The van der Waals surface area contributed by atoms with Crippen molar-refractivity contribution in [3.63, 3.8) is 0 Å². The lowest BCUT2D eigenvalue weighted by atomic mass is 9.82. The smallest absolute Gasteiger partial charge is 0.235 e. The monoisotopic (exact) mass is 272 g/mol. The molecule has 1 fully saturated rings. The fraction of sp³-hybridized carbons (Fsp3) is 0.400. The predicted octanol–water partition coefficient (Wildman–Crippen LogP) is 1.10. The summed E-state index contributed by atoms with van der Waals surface area (Å²) in [4.78, 5) is 29.6. The van der Waals surface area contributed by atoms with Crippen LogP contribution in [0.15, 0.2) is 18.2 Å². The molecule has 20 heavy (non-hydrogen) atoms. The van der Waals surface area contributed by atoms with Crippen molar-refractivity contribution in [2.75, 3.05) is 11.5 Å². The van der Waals surface area contributed by atoms with Crippen LogP contribution in [0.3, 0.4) is 0 Å². The summed E-state index contributed by atoms with van der Waals surface area (Å²) in [5, 5.41) is 8.67. The molecule has 1 aliphatic rings. The van der Waals surface area contributed by atoms with Crippen LogP contribution in [-0.4, -0.2) is 28.5 Å². The average molecular weight is 272 g/mol. The Hall–Kier alpha value is -2.19. The van der Waals surface area contributed by atoms with Gasteiger partial charge < -0.3 is 5.11 Å². The Labute approximate surface area is 117 Å². The first-order valence-corrected chi connectivity index (χ1v) is 6.35. The van der Waals surface area contributed by atoms with Gasteiger partial charge in [0.15, 0.2) is 0 Å². The maximum Gasteiger partial charge on any atom is 0.235 e. The second kappa shape index (κ2) is 5.43. The molecule has 1 aliphatic heterocycles. The third-order valence-corrected chi connectivity index (χ3v) is 3.02. The maximum atomic E-state index is 12.1. The lowest BCUT2D eigenvalue weighted by Gasteiger charge is -2.34. The number of carbonyl (C=O) groups is 2. The number of aromatic nitrogens is 1. The molecule has 0 spiro atoms. The summed E-state index contributed by atoms with van der Waals surface area (Å²) >= 11 is 0. The number of hydrogen-bond donors (Lipinski definition) is 1. The molecule has 0 unspecified atom stereocenters. The minimum Gasteiger partial charge on any atom is -0.384 e. The van der Waals surface area contributed by atoms with E-state index in [4.69, 9.17) is 5.11 Å². The van der Waals surface area contributed by atoms with Crippen LogP contribution in [0.5, 0.6) is 0 Å². The molecule has 1 saturated heterocycles. The van der Waals surface area contributed by atoms with Gasteiger partial charge in [-0.05, 0) is 23.5 Å². The number of hydrogen-bond acceptors (Lipinski definition) is 4. The molecule has 1 aromatic rings. The fourth-order valence-electron chi connectivity index (χ4n) is 2.18. The van der Waals surface area contributed by atoms with Crippen molar-refractivity contribution >= 4 is 17.6 Å². The van der Waals surface area contributed by atoms with E-state index in [0.717, 1.165) is 4.90 Å². The van der Waals surface area contributed by atoms with E-state index in [0.29, 0.717) is 24.4 Å². The third kappa shape index (κ3) is 3.03. The summed E-state index contributed by atoms with van der Waals surface area (Å²) in [7, 11) is 0. The van der Waals surface area contributed by atoms with Gasteiger partial charge in [-0.3, -0.25) is 9.59 Å². The van der Waals surface area contributed by atoms with Crippen molar-refractivity contribution in [3.05, 3.63) is 23.9 Å². The molecular formula is C15H16N2O3.